The molecule has 0 aromatic heterocycles. The minimum Gasteiger partial charge on any atom is -0.464 e. The van der Waals surface area contributed by atoms with Crippen molar-refractivity contribution in [1.29, 1.82) is 0 Å². The van der Waals surface area contributed by atoms with Gasteiger partial charge in [0.25, 0.3) is 0 Å². The van der Waals surface area contributed by atoms with Crippen LogP contribution in [0.25, 0.3) is 0 Å². The molecule has 1 aromatic rings. The van der Waals surface area contributed by atoms with Crippen molar-refractivity contribution >= 4 is 5.97 Å². The van der Waals surface area contributed by atoms with Crippen molar-refractivity contribution in [3.8, 4) is 0 Å². The van der Waals surface area contributed by atoms with Crippen molar-refractivity contribution in [3.63, 3.8) is 0 Å². The standard InChI is InChI=1S/C15H23NO2/c1-4-14(13-8-6-5-7-9-13)15(17)18-11-10-16-12(2)3/h5-9,12,14,16H,4,10-11H2,1-3H3. The summed E-state index contributed by atoms with van der Waals surface area (Å²) in [4.78, 5) is 12.0. The molecule has 1 N–H and O–H groups in total. The van der Waals surface area contributed by atoms with Gasteiger partial charge in [0.15, 0.2) is 0 Å². The molecule has 0 spiro atoms. The van der Waals surface area contributed by atoms with Crippen LogP contribution in [0.3, 0.4) is 0 Å². The van der Waals surface area contributed by atoms with E-state index in [9.17, 15) is 4.79 Å². The van der Waals surface area contributed by atoms with Crippen LogP contribution in [0.4, 0.5) is 0 Å². The normalized spacial score (nSPS) is 12.4. The number of nitrogens with one attached hydrogen (secondary N) is 1. The molecule has 0 saturated carbocycles. The van der Waals surface area contributed by atoms with E-state index in [0.717, 1.165) is 12.0 Å². The minimum atomic E-state index is -0.148. The summed E-state index contributed by atoms with van der Waals surface area (Å²) in [5, 5.41) is 3.22. The van der Waals surface area contributed by atoms with Crippen molar-refractivity contribution in [2.75, 3.05) is 13.2 Å². The molecule has 0 aliphatic heterocycles. The van der Waals surface area contributed by atoms with Crippen LogP contribution in [-0.2, 0) is 9.53 Å². The van der Waals surface area contributed by atoms with Crippen LogP contribution in [0.1, 0.15) is 38.7 Å². The first-order valence-corrected chi connectivity index (χ1v) is 6.60. The van der Waals surface area contributed by atoms with E-state index in [4.69, 9.17) is 4.74 Å². The minimum absolute atomic E-state index is 0.130. The second-order valence-electron chi connectivity index (χ2n) is 4.65. The third kappa shape index (κ3) is 4.88. The van der Waals surface area contributed by atoms with Crippen molar-refractivity contribution in [3.05, 3.63) is 35.9 Å². The second-order valence-corrected chi connectivity index (χ2v) is 4.65. The summed E-state index contributed by atoms with van der Waals surface area (Å²) < 4.78 is 5.30. The summed E-state index contributed by atoms with van der Waals surface area (Å²) >= 11 is 0. The van der Waals surface area contributed by atoms with Gasteiger partial charge in [0.05, 0.1) is 5.92 Å². The van der Waals surface area contributed by atoms with Crippen LogP contribution in [0.2, 0.25) is 0 Å². The molecule has 0 aliphatic rings. The monoisotopic (exact) mass is 249 g/mol. The van der Waals surface area contributed by atoms with Gasteiger partial charge in [0.2, 0.25) is 0 Å². The van der Waals surface area contributed by atoms with E-state index in [1.807, 2.05) is 37.3 Å². The van der Waals surface area contributed by atoms with Gasteiger partial charge in [-0.1, -0.05) is 51.1 Å². The summed E-state index contributed by atoms with van der Waals surface area (Å²) in [6, 6.07) is 10.2. The first kappa shape index (κ1) is 14.7. The molecule has 1 aromatic carbocycles. The van der Waals surface area contributed by atoms with Crippen LogP contribution in [0, 0.1) is 0 Å². The Kier molecular flexibility index (Phi) is 6.44. The van der Waals surface area contributed by atoms with Gasteiger partial charge in [-0.3, -0.25) is 4.79 Å². The summed E-state index contributed by atoms with van der Waals surface area (Å²) in [5.74, 6) is -0.278. The van der Waals surface area contributed by atoms with E-state index in [1.165, 1.54) is 0 Å². The van der Waals surface area contributed by atoms with Crippen LogP contribution in [0.5, 0.6) is 0 Å². The maximum atomic E-state index is 12.0. The number of carbonyl (C=O) groups is 1. The molecule has 0 aliphatic carbocycles. The number of hydrogen-bond donors (Lipinski definition) is 1. The topological polar surface area (TPSA) is 38.3 Å². The molecule has 0 amide bonds. The SMILES string of the molecule is CCC(C(=O)OCCNC(C)C)c1ccccc1. The highest BCUT2D eigenvalue weighted by Gasteiger charge is 2.19. The lowest BCUT2D eigenvalue weighted by Crippen LogP contribution is -2.28. The number of rotatable bonds is 7. The molecule has 3 heteroatoms. The lowest BCUT2D eigenvalue weighted by atomic mass is 9.97. The Morgan fingerprint density at radius 3 is 2.50 bits per heavy atom. The van der Waals surface area contributed by atoms with E-state index in [0.29, 0.717) is 19.2 Å². The number of ether oxygens (including phenoxy) is 1. The van der Waals surface area contributed by atoms with E-state index >= 15 is 0 Å². The highest BCUT2D eigenvalue weighted by molar-refractivity contribution is 5.78. The largest absolute Gasteiger partial charge is 0.464 e. The van der Waals surface area contributed by atoms with Crippen molar-refractivity contribution in [2.45, 2.75) is 39.2 Å². The van der Waals surface area contributed by atoms with Gasteiger partial charge in [-0.25, -0.2) is 0 Å². The zero-order chi connectivity index (χ0) is 13.4. The zero-order valence-corrected chi connectivity index (χ0v) is 11.5. The van der Waals surface area contributed by atoms with Gasteiger partial charge < -0.3 is 10.1 Å². The van der Waals surface area contributed by atoms with E-state index in [1.54, 1.807) is 0 Å². The molecule has 100 valence electrons. The molecular weight excluding hydrogens is 226 g/mol. The van der Waals surface area contributed by atoms with Gasteiger partial charge >= 0.3 is 5.97 Å². The van der Waals surface area contributed by atoms with Gasteiger partial charge in [0, 0.05) is 12.6 Å². The third-order valence-corrected chi connectivity index (χ3v) is 2.79. The first-order valence-electron chi connectivity index (χ1n) is 6.60. The van der Waals surface area contributed by atoms with E-state index in [2.05, 4.69) is 19.2 Å². The van der Waals surface area contributed by atoms with Crippen LogP contribution in [-0.4, -0.2) is 25.2 Å². The molecule has 3 nitrogen and oxygen atoms in total. The molecule has 0 bridgehead atoms. The Balaban J connectivity index is 2.43. The van der Waals surface area contributed by atoms with Gasteiger partial charge in [-0.05, 0) is 12.0 Å². The summed E-state index contributed by atoms with van der Waals surface area (Å²) in [6.07, 6.45) is 0.764. The predicted octanol–water partition coefficient (Wildman–Crippen LogP) is 2.72. The fourth-order valence-corrected chi connectivity index (χ4v) is 1.82. The summed E-state index contributed by atoms with van der Waals surface area (Å²) in [6.45, 7) is 7.28. The Bertz CT molecular complexity index is 349. The number of hydrogen-bond acceptors (Lipinski definition) is 3. The molecule has 1 atom stereocenters. The Labute approximate surface area is 110 Å². The Morgan fingerprint density at radius 2 is 1.94 bits per heavy atom. The predicted molar refractivity (Wildman–Crippen MR) is 73.6 cm³/mol. The fraction of sp³-hybridized carbons (Fsp3) is 0.533. The molecule has 18 heavy (non-hydrogen) atoms. The number of benzene rings is 1. The molecule has 0 saturated heterocycles. The van der Waals surface area contributed by atoms with Crippen molar-refractivity contribution < 1.29 is 9.53 Å². The summed E-state index contributed by atoms with van der Waals surface area (Å²) in [7, 11) is 0. The van der Waals surface area contributed by atoms with Crippen LogP contribution >= 0.6 is 0 Å². The quantitative estimate of drug-likeness (QED) is 0.596. The maximum absolute atomic E-state index is 12.0. The first-order chi connectivity index (χ1) is 8.65. The lowest BCUT2D eigenvalue weighted by Gasteiger charge is -2.15. The van der Waals surface area contributed by atoms with Crippen molar-refractivity contribution in [1.82, 2.24) is 5.32 Å². The Hall–Kier alpha value is -1.35. The average molecular weight is 249 g/mol. The fourth-order valence-electron chi connectivity index (χ4n) is 1.82. The van der Waals surface area contributed by atoms with E-state index in [-0.39, 0.29) is 11.9 Å². The highest BCUT2D eigenvalue weighted by Crippen LogP contribution is 2.20. The molecule has 0 radical (unpaired) electrons. The molecular formula is C15H23NO2. The van der Waals surface area contributed by atoms with Gasteiger partial charge in [-0.2, -0.15) is 0 Å². The molecule has 1 unspecified atom stereocenters. The van der Waals surface area contributed by atoms with Gasteiger partial charge in [-0.15, -0.1) is 0 Å². The molecule has 0 heterocycles. The Morgan fingerprint density at radius 1 is 1.28 bits per heavy atom. The lowest BCUT2D eigenvalue weighted by molar-refractivity contribution is -0.145. The van der Waals surface area contributed by atoms with Crippen LogP contribution < -0.4 is 5.32 Å². The molecule has 0 fully saturated rings. The number of esters is 1. The van der Waals surface area contributed by atoms with Gasteiger partial charge in [0.1, 0.15) is 6.61 Å². The zero-order valence-electron chi connectivity index (χ0n) is 11.5. The van der Waals surface area contributed by atoms with E-state index < -0.39 is 0 Å². The number of carbonyl (C=O) groups excluding carboxylic acids is 1. The summed E-state index contributed by atoms with van der Waals surface area (Å²) in [5.41, 5.74) is 1.03. The smallest absolute Gasteiger partial charge is 0.313 e. The molecule has 1 rings (SSSR count). The van der Waals surface area contributed by atoms with Crippen molar-refractivity contribution in [2.24, 2.45) is 0 Å². The maximum Gasteiger partial charge on any atom is 0.313 e. The van der Waals surface area contributed by atoms with Crippen LogP contribution in [0.15, 0.2) is 30.3 Å². The highest BCUT2D eigenvalue weighted by atomic mass is 16.5. The average Bonchev–Trinajstić information content (AvgIpc) is 2.36. The third-order valence-electron chi connectivity index (χ3n) is 2.79. The second kappa shape index (κ2) is 7.88.